The molecular weight excluding hydrogens is 318 g/mol. The Labute approximate surface area is 128 Å². The Morgan fingerprint density at radius 3 is 2.70 bits per heavy atom. The molecular formula is C13H16ClNO3S2. The summed E-state index contributed by atoms with van der Waals surface area (Å²) in [5, 5.41) is 1.94. The highest BCUT2D eigenvalue weighted by Gasteiger charge is 2.28. The van der Waals surface area contributed by atoms with Crippen molar-refractivity contribution in [1.82, 2.24) is 4.31 Å². The third kappa shape index (κ3) is 3.09. The smallest absolute Gasteiger partial charge is 0.246 e. The van der Waals surface area contributed by atoms with Crippen LogP contribution in [0.2, 0.25) is 0 Å². The average Bonchev–Trinajstić information content (AvgIpc) is 3.04. The number of alkyl halides is 1. The van der Waals surface area contributed by atoms with Crippen LogP contribution in [0.15, 0.2) is 32.9 Å². The SMILES string of the molecule is CCN(Cc1cccs1)S(=O)(=O)c1cc(CCl)oc1C. The number of furan rings is 1. The summed E-state index contributed by atoms with van der Waals surface area (Å²) in [5.74, 6) is 1.01. The molecule has 2 aromatic rings. The molecule has 0 bridgehead atoms. The van der Waals surface area contributed by atoms with E-state index in [9.17, 15) is 8.42 Å². The van der Waals surface area contributed by atoms with Crippen molar-refractivity contribution in [1.29, 1.82) is 0 Å². The van der Waals surface area contributed by atoms with Gasteiger partial charge in [-0.3, -0.25) is 0 Å². The van der Waals surface area contributed by atoms with Crippen molar-refractivity contribution in [2.75, 3.05) is 6.54 Å². The molecule has 2 rings (SSSR count). The highest BCUT2D eigenvalue weighted by atomic mass is 35.5. The minimum atomic E-state index is -3.56. The molecule has 2 aromatic heterocycles. The lowest BCUT2D eigenvalue weighted by Gasteiger charge is -2.19. The van der Waals surface area contributed by atoms with Crippen LogP contribution in [0.3, 0.4) is 0 Å². The number of halogens is 1. The second-order valence-corrected chi connectivity index (χ2v) is 7.48. The van der Waals surface area contributed by atoms with Crippen LogP contribution >= 0.6 is 22.9 Å². The Morgan fingerprint density at radius 2 is 2.20 bits per heavy atom. The van der Waals surface area contributed by atoms with E-state index in [0.717, 1.165) is 4.88 Å². The molecule has 0 aliphatic heterocycles. The molecule has 0 radical (unpaired) electrons. The van der Waals surface area contributed by atoms with Crippen LogP contribution in [0.5, 0.6) is 0 Å². The fourth-order valence-electron chi connectivity index (χ4n) is 1.93. The predicted molar refractivity (Wildman–Crippen MR) is 80.6 cm³/mol. The van der Waals surface area contributed by atoms with E-state index in [4.69, 9.17) is 16.0 Å². The first kappa shape index (κ1) is 15.6. The lowest BCUT2D eigenvalue weighted by atomic mass is 10.4. The third-order valence-electron chi connectivity index (χ3n) is 2.94. The molecule has 0 aromatic carbocycles. The molecule has 4 nitrogen and oxygen atoms in total. The zero-order chi connectivity index (χ0) is 14.8. The summed E-state index contributed by atoms with van der Waals surface area (Å²) in [6.45, 7) is 4.24. The maximum Gasteiger partial charge on any atom is 0.246 e. The van der Waals surface area contributed by atoms with Gasteiger partial charge in [0.1, 0.15) is 16.4 Å². The molecule has 0 aliphatic carbocycles. The van der Waals surface area contributed by atoms with E-state index >= 15 is 0 Å². The quantitative estimate of drug-likeness (QED) is 0.759. The molecule has 110 valence electrons. The summed E-state index contributed by atoms with van der Waals surface area (Å²) in [7, 11) is -3.56. The van der Waals surface area contributed by atoms with E-state index in [1.807, 2.05) is 24.4 Å². The fourth-order valence-corrected chi connectivity index (χ4v) is 4.47. The van der Waals surface area contributed by atoms with Crippen molar-refractivity contribution in [3.05, 3.63) is 40.0 Å². The van der Waals surface area contributed by atoms with Gasteiger partial charge < -0.3 is 4.42 Å². The normalized spacial score (nSPS) is 12.2. The van der Waals surface area contributed by atoms with Gasteiger partial charge in [-0.1, -0.05) is 13.0 Å². The Bertz CT molecular complexity index is 662. The van der Waals surface area contributed by atoms with E-state index in [1.165, 1.54) is 10.4 Å². The third-order valence-corrected chi connectivity index (χ3v) is 6.09. The molecule has 0 fully saturated rings. The Kier molecular flexibility index (Phi) is 4.90. The van der Waals surface area contributed by atoms with Crippen molar-refractivity contribution in [3.63, 3.8) is 0 Å². The van der Waals surface area contributed by atoms with E-state index < -0.39 is 10.0 Å². The summed E-state index contributed by atoms with van der Waals surface area (Å²) < 4.78 is 32.1. The highest BCUT2D eigenvalue weighted by molar-refractivity contribution is 7.89. The standard InChI is InChI=1S/C13H16ClNO3S2/c1-3-15(9-12-5-4-6-19-12)20(16,17)13-7-11(8-14)18-10(13)2/h4-7H,3,8-9H2,1-2H3. The number of nitrogens with zero attached hydrogens (tertiary/aromatic N) is 1. The lowest BCUT2D eigenvalue weighted by molar-refractivity contribution is 0.423. The topological polar surface area (TPSA) is 50.5 Å². The number of rotatable bonds is 6. The number of sulfonamides is 1. The summed E-state index contributed by atoms with van der Waals surface area (Å²) in [5.41, 5.74) is 0. The minimum absolute atomic E-state index is 0.160. The second kappa shape index (κ2) is 6.30. The lowest BCUT2D eigenvalue weighted by Crippen LogP contribution is -2.30. The van der Waals surface area contributed by atoms with Crippen molar-refractivity contribution < 1.29 is 12.8 Å². The molecule has 0 saturated carbocycles. The molecule has 0 N–H and O–H groups in total. The van der Waals surface area contributed by atoms with Crippen molar-refractivity contribution in [2.45, 2.75) is 31.2 Å². The predicted octanol–water partition coefficient (Wildman–Crippen LogP) is 3.60. The van der Waals surface area contributed by atoms with Crippen LogP contribution in [0.1, 0.15) is 23.3 Å². The second-order valence-electron chi connectivity index (χ2n) is 4.28. The molecule has 0 unspecified atom stereocenters. The molecule has 7 heteroatoms. The van der Waals surface area contributed by atoms with E-state index in [0.29, 0.717) is 24.6 Å². The van der Waals surface area contributed by atoms with Gasteiger partial charge in [-0.25, -0.2) is 8.42 Å². The zero-order valence-electron chi connectivity index (χ0n) is 11.3. The molecule has 0 saturated heterocycles. The molecule has 0 atom stereocenters. The van der Waals surface area contributed by atoms with Crippen LogP contribution < -0.4 is 0 Å². The van der Waals surface area contributed by atoms with Crippen LogP contribution in [-0.4, -0.2) is 19.3 Å². The summed E-state index contributed by atoms with van der Waals surface area (Å²) in [4.78, 5) is 1.21. The summed E-state index contributed by atoms with van der Waals surface area (Å²) in [6.07, 6.45) is 0. The first-order valence-electron chi connectivity index (χ1n) is 6.16. The van der Waals surface area contributed by atoms with Crippen LogP contribution in [0, 0.1) is 6.92 Å². The van der Waals surface area contributed by atoms with Crippen LogP contribution in [0.25, 0.3) is 0 Å². The van der Waals surface area contributed by atoms with E-state index in [-0.39, 0.29) is 10.8 Å². The van der Waals surface area contributed by atoms with Gasteiger partial charge in [-0.2, -0.15) is 4.31 Å². The van der Waals surface area contributed by atoms with Gasteiger partial charge in [0.05, 0.1) is 5.88 Å². The summed E-state index contributed by atoms with van der Waals surface area (Å²) in [6, 6.07) is 5.35. The monoisotopic (exact) mass is 333 g/mol. The van der Waals surface area contributed by atoms with Gasteiger partial charge in [0.2, 0.25) is 10.0 Å². The first-order chi connectivity index (χ1) is 9.48. The highest BCUT2D eigenvalue weighted by Crippen LogP contribution is 2.26. The minimum Gasteiger partial charge on any atom is -0.464 e. The molecule has 0 spiro atoms. The maximum absolute atomic E-state index is 12.7. The molecule has 20 heavy (non-hydrogen) atoms. The number of hydrogen-bond donors (Lipinski definition) is 0. The van der Waals surface area contributed by atoms with Crippen molar-refractivity contribution in [3.8, 4) is 0 Å². The van der Waals surface area contributed by atoms with Gasteiger partial charge in [0.15, 0.2) is 0 Å². The molecule has 0 amide bonds. The summed E-state index contributed by atoms with van der Waals surface area (Å²) >= 11 is 7.23. The van der Waals surface area contributed by atoms with Crippen LogP contribution in [0.4, 0.5) is 0 Å². The zero-order valence-corrected chi connectivity index (χ0v) is 13.7. The number of hydrogen-bond acceptors (Lipinski definition) is 4. The Balaban J connectivity index is 2.33. The van der Waals surface area contributed by atoms with Crippen LogP contribution in [-0.2, 0) is 22.4 Å². The van der Waals surface area contributed by atoms with Crippen molar-refractivity contribution >= 4 is 33.0 Å². The van der Waals surface area contributed by atoms with Gasteiger partial charge >= 0.3 is 0 Å². The maximum atomic E-state index is 12.7. The Hall–Kier alpha value is -0.820. The Morgan fingerprint density at radius 1 is 1.45 bits per heavy atom. The first-order valence-corrected chi connectivity index (χ1v) is 9.02. The largest absolute Gasteiger partial charge is 0.464 e. The van der Waals surface area contributed by atoms with Gasteiger partial charge in [-0.05, 0) is 18.4 Å². The van der Waals surface area contributed by atoms with E-state index in [2.05, 4.69) is 0 Å². The van der Waals surface area contributed by atoms with Crippen molar-refractivity contribution in [2.24, 2.45) is 0 Å². The number of aryl methyl sites for hydroxylation is 1. The van der Waals surface area contributed by atoms with Gasteiger partial charge in [0, 0.05) is 24.0 Å². The molecule has 0 aliphatic rings. The van der Waals surface area contributed by atoms with E-state index in [1.54, 1.807) is 18.3 Å². The van der Waals surface area contributed by atoms with Gasteiger partial charge in [-0.15, -0.1) is 22.9 Å². The van der Waals surface area contributed by atoms with Gasteiger partial charge in [0.25, 0.3) is 0 Å². The fraction of sp³-hybridized carbons (Fsp3) is 0.385. The number of thiophene rings is 1. The molecule has 2 heterocycles. The average molecular weight is 334 g/mol.